The number of unbranched alkanes of at least 4 members (excludes halogenated alkanes) is 4. The van der Waals surface area contributed by atoms with Gasteiger partial charge < -0.3 is 15.7 Å². The van der Waals surface area contributed by atoms with Crippen molar-refractivity contribution in [2.45, 2.75) is 46.0 Å². The van der Waals surface area contributed by atoms with E-state index in [4.69, 9.17) is 15.7 Å². The van der Waals surface area contributed by atoms with Crippen molar-refractivity contribution in [1.29, 1.82) is 0 Å². The molecule has 0 aromatic carbocycles. The van der Waals surface area contributed by atoms with Crippen molar-refractivity contribution in [1.82, 2.24) is 0 Å². The van der Waals surface area contributed by atoms with Crippen LogP contribution in [0, 0.1) is 5.92 Å². The Morgan fingerprint density at radius 1 is 1.33 bits per heavy atom. The third-order valence-electron chi connectivity index (χ3n) is 2.38. The molecule has 0 aromatic heterocycles. The molecule has 0 fully saturated rings. The Morgan fingerprint density at radius 2 is 2.00 bits per heavy atom. The molecule has 0 aliphatic rings. The van der Waals surface area contributed by atoms with E-state index >= 15 is 0 Å². The predicted molar refractivity (Wildman–Crippen MR) is 62.2 cm³/mol. The third-order valence-corrected chi connectivity index (χ3v) is 2.38. The number of nitrogens with two attached hydrogens (primary N) is 1. The molecule has 0 aromatic rings. The van der Waals surface area contributed by atoms with Gasteiger partial charge in [-0.15, -0.1) is 0 Å². The lowest BCUT2D eigenvalue weighted by atomic mass is 10.1. The van der Waals surface area contributed by atoms with E-state index in [9.17, 15) is 0 Å². The van der Waals surface area contributed by atoms with E-state index < -0.39 is 0 Å². The highest BCUT2D eigenvalue weighted by molar-refractivity contribution is 5.81. The predicted octanol–water partition coefficient (Wildman–Crippen LogP) is 2.36. The first-order valence-electron chi connectivity index (χ1n) is 5.77. The SMILES string of the molecule is CCCCCCCOCC(C)/C(N)=N/O. The van der Waals surface area contributed by atoms with Crippen LogP contribution in [0.5, 0.6) is 0 Å². The summed E-state index contributed by atoms with van der Waals surface area (Å²) in [4.78, 5) is 0. The van der Waals surface area contributed by atoms with E-state index in [2.05, 4.69) is 12.1 Å². The van der Waals surface area contributed by atoms with Gasteiger partial charge in [0.15, 0.2) is 0 Å². The molecule has 0 spiro atoms. The van der Waals surface area contributed by atoms with Crippen LogP contribution in [0.4, 0.5) is 0 Å². The number of amidine groups is 1. The minimum absolute atomic E-state index is 0.00866. The van der Waals surface area contributed by atoms with Gasteiger partial charge >= 0.3 is 0 Å². The Balaban J connectivity index is 3.24. The first-order valence-corrected chi connectivity index (χ1v) is 5.77. The van der Waals surface area contributed by atoms with Crippen molar-refractivity contribution in [3.63, 3.8) is 0 Å². The van der Waals surface area contributed by atoms with Crippen LogP contribution in [0.1, 0.15) is 46.0 Å². The molecular weight excluding hydrogens is 192 g/mol. The van der Waals surface area contributed by atoms with Crippen molar-refractivity contribution >= 4 is 5.84 Å². The Morgan fingerprint density at radius 3 is 2.60 bits per heavy atom. The maximum Gasteiger partial charge on any atom is 0.144 e. The lowest BCUT2D eigenvalue weighted by molar-refractivity contribution is 0.116. The normalized spacial score (nSPS) is 14.1. The quantitative estimate of drug-likeness (QED) is 0.204. The molecule has 4 nitrogen and oxygen atoms in total. The Kier molecular flexibility index (Phi) is 9.27. The van der Waals surface area contributed by atoms with E-state index in [-0.39, 0.29) is 11.8 Å². The fourth-order valence-corrected chi connectivity index (χ4v) is 1.25. The van der Waals surface area contributed by atoms with E-state index in [0.29, 0.717) is 6.61 Å². The van der Waals surface area contributed by atoms with Crippen molar-refractivity contribution in [3.05, 3.63) is 0 Å². The van der Waals surface area contributed by atoms with E-state index in [0.717, 1.165) is 13.0 Å². The van der Waals surface area contributed by atoms with Gasteiger partial charge in [0.05, 0.1) is 6.61 Å². The molecule has 0 amide bonds. The Hall–Kier alpha value is -0.770. The standard InChI is InChI=1S/C11H24N2O2/c1-3-4-5-6-7-8-15-9-10(2)11(12)13-14/h10,14H,3-9H2,1-2H3,(H2,12,13). The summed E-state index contributed by atoms with van der Waals surface area (Å²) in [6.45, 7) is 5.39. The van der Waals surface area contributed by atoms with Gasteiger partial charge in [-0.3, -0.25) is 0 Å². The molecule has 0 bridgehead atoms. The largest absolute Gasteiger partial charge is 0.409 e. The summed E-state index contributed by atoms with van der Waals surface area (Å²) in [5.74, 6) is 0.228. The van der Waals surface area contributed by atoms with Gasteiger partial charge in [-0.2, -0.15) is 0 Å². The van der Waals surface area contributed by atoms with Gasteiger partial charge in [-0.25, -0.2) is 0 Å². The number of nitrogens with zero attached hydrogens (tertiary/aromatic N) is 1. The van der Waals surface area contributed by atoms with Crippen LogP contribution in [-0.2, 0) is 4.74 Å². The molecular formula is C11H24N2O2. The van der Waals surface area contributed by atoms with E-state index in [1.165, 1.54) is 25.7 Å². The fraction of sp³-hybridized carbons (Fsp3) is 0.909. The van der Waals surface area contributed by atoms with Crippen molar-refractivity contribution in [2.75, 3.05) is 13.2 Å². The maximum absolute atomic E-state index is 8.41. The summed E-state index contributed by atoms with van der Waals surface area (Å²) in [5, 5.41) is 11.4. The van der Waals surface area contributed by atoms with Crippen LogP contribution in [0.25, 0.3) is 0 Å². The van der Waals surface area contributed by atoms with Gasteiger partial charge in [0.1, 0.15) is 5.84 Å². The molecule has 0 rings (SSSR count). The zero-order valence-electron chi connectivity index (χ0n) is 9.91. The zero-order valence-corrected chi connectivity index (χ0v) is 9.91. The highest BCUT2D eigenvalue weighted by Crippen LogP contribution is 2.03. The minimum Gasteiger partial charge on any atom is -0.409 e. The maximum atomic E-state index is 8.41. The first kappa shape index (κ1) is 14.2. The molecule has 15 heavy (non-hydrogen) atoms. The van der Waals surface area contributed by atoms with Crippen LogP contribution in [0.3, 0.4) is 0 Å². The van der Waals surface area contributed by atoms with Crippen LogP contribution >= 0.6 is 0 Å². The summed E-state index contributed by atoms with van der Waals surface area (Å²) in [7, 11) is 0. The molecule has 0 heterocycles. The van der Waals surface area contributed by atoms with Crippen LogP contribution < -0.4 is 5.73 Å². The van der Waals surface area contributed by atoms with Crippen LogP contribution in [0.15, 0.2) is 5.16 Å². The molecule has 0 radical (unpaired) electrons. The van der Waals surface area contributed by atoms with Crippen molar-refractivity contribution < 1.29 is 9.94 Å². The number of rotatable bonds is 9. The summed E-state index contributed by atoms with van der Waals surface area (Å²) < 4.78 is 5.43. The summed E-state index contributed by atoms with van der Waals surface area (Å²) >= 11 is 0. The highest BCUT2D eigenvalue weighted by Gasteiger charge is 2.06. The average molecular weight is 216 g/mol. The lowest BCUT2D eigenvalue weighted by Crippen LogP contribution is -2.25. The second kappa shape index (κ2) is 9.77. The summed E-state index contributed by atoms with van der Waals surface area (Å²) in [6, 6.07) is 0. The first-order chi connectivity index (χ1) is 7.22. The highest BCUT2D eigenvalue weighted by atomic mass is 16.5. The number of hydrogen-bond donors (Lipinski definition) is 2. The third kappa shape index (κ3) is 8.24. The molecule has 3 N–H and O–H groups in total. The molecule has 0 saturated heterocycles. The Bertz CT molecular complexity index is 172. The smallest absolute Gasteiger partial charge is 0.144 e. The fourth-order valence-electron chi connectivity index (χ4n) is 1.25. The molecule has 4 heteroatoms. The Labute approximate surface area is 92.5 Å². The van der Waals surface area contributed by atoms with E-state index in [1.807, 2.05) is 6.92 Å². The minimum atomic E-state index is -0.00866. The average Bonchev–Trinajstić information content (AvgIpc) is 2.26. The van der Waals surface area contributed by atoms with Gasteiger partial charge in [-0.05, 0) is 6.42 Å². The zero-order chi connectivity index (χ0) is 11.5. The van der Waals surface area contributed by atoms with Gasteiger partial charge in [0, 0.05) is 12.5 Å². The number of ether oxygens (including phenoxy) is 1. The number of oxime groups is 1. The van der Waals surface area contributed by atoms with Gasteiger partial charge in [0.25, 0.3) is 0 Å². The monoisotopic (exact) mass is 216 g/mol. The second-order valence-electron chi connectivity index (χ2n) is 3.92. The number of hydrogen-bond acceptors (Lipinski definition) is 3. The van der Waals surface area contributed by atoms with E-state index in [1.54, 1.807) is 0 Å². The topological polar surface area (TPSA) is 67.8 Å². The van der Waals surface area contributed by atoms with Crippen molar-refractivity contribution in [2.24, 2.45) is 16.8 Å². The molecule has 1 atom stereocenters. The van der Waals surface area contributed by atoms with Crippen LogP contribution in [0.2, 0.25) is 0 Å². The second-order valence-corrected chi connectivity index (χ2v) is 3.92. The molecule has 1 unspecified atom stereocenters. The van der Waals surface area contributed by atoms with Gasteiger partial charge in [0.2, 0.25) is 0 Å². The van der Waals surface area contributed by atoms with Crippen LogP contribution in [-0.4, -0.2) is 24.3 Å². The molecule has 90 valence electrons. The molecule has 0 saturated carbocycles. The summed E-state index contributed by atoms with van der Waals surface area (Å²) in [5.41, 5.74) is 5.42. The van der Waals surface area contributed by atoms with Gasteiger partial charge in [-0.1, -0.05) is 44.7 Å². The molecule has 0 aliphatic heterocycles. The van der Waals surface area contributed by atoms with Crippen molar-refractivity contribution in [3.8, 4) is 0 Å². The lowest BCUT2D eigenvalue weighted by Gasteiger charge is -2.09. The molecule has 0 aliphatic carbocycles. The summed E-state index contributed by atoms with van der Waals surface area (Å²) in [6.07, 6.45) is 6.19.